The second-order valence-corrected chi connectivity index (χ2v) is 2.63. The van der Waals surface area contributed by atoms with Crippen molar-refractivity contribution in [3.8, 4) is 0 Å². The van der Waals surface area contributed by atoms with E-state index in [1.54, 1.807) is 12.4 Å². The predicted octanol–water partition coefficient (Wildman–Crippen LogP) is 0.665. The summed E-state index contributed by atoms with van der Waals surface area (Å²) in [4.78, 5) is 6.70. The molecule has 2 aromatic rings. The molecule has 0 aliphatic rings. The minimum atomic E-state index is 0.292. The smallest absolute Gasteiger partial charge is 0.199 e. The summed E-state index contributed by atoms with van der Waals surface area (Å²) in [7, 11) is 0. The van der Waals surface area contributed by atoms with Crippen molar-refractivity contribution in [2.75, 3.05) is 5.73 Å². The van der Waals surface area contributed by atoms with Gasteiger partial charge in [-0.05, 0) is 0 Å². The third-order valence-electron chi connectivity index (χ3n) is 1.45. The zero-order valence-electron chi connectivity index (χ0n) is 5.98. The minimum absolute atomic E-state index is 0.292. The van der Waals surface area contributed by atoms with Crippen LogP contribution in [0.5, 0.6) is 0 Å². The van der Waals surface area contributed by atoms with E-state index in [1.165, 1.54) is 0 Å². The van der Waals surface area contributed by atoms with Gasteiger partial charge in [0.05, 0.1) is 23.3 Å². The molecule has 0 unspecified atom stereocenters. The van der Waals surface area contributed by atoms with Crippen LogP contribution in [0.15, 0.2) is 12.4 Å². The topological polar surface area (TPSA) is 80.5 Å². The zero-order chi connectivity index (χ0) is 8.55. The van der Waals surface area contributed by atoms with Crippen molar-refractivity contribution in [3.63, 3.8) is 0 Å². The van der Waals surface area contributed by atoms with Gasteiger partial charge in [-0.15, -0.1) is 0 Å². The summed E-state index contributed by atoms with van der Waals surface area (Å²) in [6.07, 6.45) is 3.11. The van der Waals surface area contributed by atoms with Crippen molar-refractivity contribution in [2.45, 2.75) is 0 Å². The predicted molar refractivity (Wildman–Crippen MR) is 46.9 cm³/mol. The third-order valence-corrected chi connectivity index (χ3v) is 1.76. The average Bonchev–Trinajstić information content (AvgIpc) is 2.04. The van der Waals surface area contributed by atoms with Gasteiger partial charge in [0.1, 0.15) is 4.64 Å². The summed E-state index contributed by atoms with van der Waals surface area (Å²) in [5, 5.41) is 8.13. The first-order valence-corrected chi connectivity index (χ1v) is 3.64. The second kappa shape index (κ2) is 2.49. The van der Waals surface area contributed by atoms with E-state index >= 15 is 0 Å². The number of nitrogen functional groups attached to an aromatic ring is 1. The molecule has 0 spiro atoms. The molecule has 0 saturated carbocycles. The van der Waals surface area contributed by atoms with Crippen molar-refractivity contribution in [2.24, 2.45) is 0 Å². The van der Waals surface area contributed by atoms with E-state index in [0.717, 1.165) is 10.9 Å². The molecular weight excluding hydrogens is 174 g/mol. The maximum Gasteiger partial charge on any atom is 0.199 e. The van der Waals surface area contributed by atoms with Crippen LogP contribution in [0.25, 0.3) is 10.9 Å². The van der Waals surface area contributed by atoms with Gasteiger partial charge in [-0.2, -0.15) is 10.2 Å². The van der Waals surface area contributed by atoms with Crippen LogP contribution < -0.4 is 5.73 Å². The van der Waals surface area contributed by atoms with Gasteiger partial charge in [0.2, 0.25) is 0 Å². The molecule has 0 aromatic carbocycles. The fraction of sp³-hybridized carbons (Fsp3) is 0. The van der Waals surface area contributed by atoms with Crippen LogP contribution in [-0.2, 0) is 0 Å². The Balaban J connectivity index is 2.99. The van der Waals surface area contributed by atoms with Crippen LogP contribution in [0, 0.1) is 4.64 Å². The summed E-state index contributed by atoms with van der Waals surface area (Å²) < 4.78 is 0.441. The number of hydrogen-bond acceptors (Lipinski definition) is 5. The van der Waals surface area contributed by atoms with Crippen LogP contribution in [-0.4, -0.2) is 20.2 Å². The van der Waals surface area contributed by atoms with E-state index in [2.05, 4.69) is 20.2 Å². The molecule has 0 radical (unpaired) electrons. The van der Waals surface area contributed by atoms with E-state index < -0.39 is 0 Å². The molecule has 0 bridgehead atoms. The lowest BCUT2D eigenvalue weighted by atomic mass is 10.4. The molecule has 2 aromatic heterocycles. The summed E-state index contributed by atoms with van der Waals surface area (Å²) in [6, 6.07) is 0. The lowest BCUT2D eigenvalue weighted by molar-refractivity contribution is 1.04. The van der Waals surface area contributed by atoms with Gasteiger partial charge >= 0.3 is 0 Å². The summed E-state index contributed by atoms with van der Waals surface area (Å²) >= 11 is 4.96. The number of fused-ring (bicyclic) bond motifs is 1. The standard InChI is InChI=1S/C6H5N5S/c7-6-10-4-2-9-8-1-3(4)5(12)11-6/h1-2H,(H3,7,10,11,12). The van der Waals surface area contributed by atoms with Gasteiger partial charge < -0.3 is 10.7 Å². The Kier molecular flexibility index (Phi) is 1.47. The van der Waals surface area contributed by atoms with Crippen molar-refractivity contribution in [1.82, 2.24) is 20.2 Å². The highest BCUT2D eigenvalue weighted by atomic mass is 32.1. The van der Waals surface area contributed by atoms with E-state index in [9.17, 15) is 0 Å². The Bertz CT molecular complexity index is 477. The highest BCUT2D eigenvalue weighted by molar-refractivity contribution is 7.71. The van der Waals surface area contributed by atoms with Crippen LogP contribution in [0.1, 0.15) is 0 Å². The van der Waals surface area contributed by atoms with Gasteiger partial charge in [-0.25, -0.2) is 4.98 Å². The van der Waals surface area contributed by atoms with E-state index in [1.807, 2.05) is 0 Å². The maximum absolute atomic E-state index is 5.44. The van der Waals surface area contributed by atoms with Gasteiger partial charge in [0.25, 0.3) is 0 Å². The number of aromatic amines is 1. The molecule has 6 heteroatoms. The van der Waals surface area contributed by atoms with E-state index in [4.69, 9.17) is 18.0 Å². The molecule has 0 saturated heterocycles. The number of nitrogens with zero attached hydrogens (tertiary/aromatic N) is 3. The molecule has 0 atom stereocenters. The number of aromatic nitrogens is 4. The molecule has 12 heavy (non-hydrogen) atoms. The molecule has 3 N–H and O–H groups in total. The summed E-state index contributed by atoms with van der Waals surface area (Å²) in [6.45, 7) is 0. The van der Waals surface area contributed by atoms with Crippen molar-refractivity contribution in [3.05, 3.63) is 17.0 Å². The summed E-state index contributed by atoms with van der Waals surface area (Å²) in [5.41, 5.74) is 6.20. The first-order chi connectivity index (χ1) is 5.77. The molecule has 5 nitrogen and oxygen atoms in total. The second-order valence-electron chi connectivity index (χ2n) is 2.24. The fourth-order valence-corrected chi connectivity index (χ4v) is 1.19. The lowest BCUT2D eigenvalue weighted by Crippen LogP contribution is -1.96. The fourth-order valence-electron chi connectivity index (χ4n) is 0.927. The highest BCUT2D eigenvalue weighted by Gasteiger charge is 1.97. The molecule has 60 valence electrons. The molecular formula is C6H5N5S. The number of hydrogen-bond donors (Lipinski definition) is 2. The molecule has 2 rings (SSSR count). The Morgan fingerprint density at radius 2 is 2.08 bits per heavy atom. The van der Waals surface area contributed by atoms with E-state index in [-0.39, 0.29) is 0 Å². The quantitative estimate of drug-likeness (QED) is 0.581. The number of nitrogens with one attached hydrogen (secondary N) is 1. The van der Waals surface area contributed by atoms with Gasteiger partial charge in [-0.1, -0.05) is 12.2 Å². The third kappa shape index (κ3) is 1.02. The van der Waals surface area contributed by atoms with Crippen LogP contribution in [0.3, 0.4) is 0 Å². The zero-order valence-corrected chi connectivity index (χ0v) is 6.80. The summed E-state index contributed by atoms with van der Waals surface area (Å²) in [5.74, 6) is 0.292. The first-order valence-electron chi connectivity index (χ1n) is 3.23. The first kappa shape index (κ1) is 7.11. The van der Waals surface area contributed by atoms with Crippen LogP contribution >= 0.6 is 12.2 Å². The lowest BCUT2D eigenvalue weighted by Gasteiger charge is -1.96. The largest absolute Gasteiger partial charge is 0.369 e. The minimum Gasteiger partial charge on any atom is -0.369 e. The highest BCUT2D eigenvalue weighted by Crippen LogP contribution is 2.09. The Morgan fingerprint density at radius 3 is 2.92 bits per heavy atom. The van der Waals surface area contributed by atoms with E-state index in [0.29, 0.717) is 10.6 Å². The molecule has 0 aliphatic heterocycles. The van der Waals surface area contributed by atoms with Gasteiger partial charge in [-0.3, -0.25) is 0 Å². The Hall–Kier alpha value is -1.56. The maximum atomic E-state index is 5.44. The Morgan fingerprint density at radius 1 is 1.33 bits per heavy atom. The number of rotatable bonds is 0. The van der Waals surface area contributed by atoms with Crippen molar-refractivity contribution < 1.29 is 0 Å². The number of nitrogens with two attached hydrogens (primary N) is 1. The molecule has 0 aliphatic carbocycles. The molecule has 2 heterocycles. The molecule has 0 amide bonds. The molecule has 0 fully saturated rings. The number of H-pyrrole nitrogens is 1. The van der Waals surface area contributed by atoms with Crippen molar-refractivity contribution in [1.29, 1.82) is 0 Å². The Labute approximate surface area is 72.7 Å². The average molecular weight is 179 g/mol. The monoisotopic (exact) mass is 179 g/mol. The van der Waals surface area contributed by atoms with Gasteiger partial charge in [0.15, 0.2) is 5.95 Å². The van der Waals surface area contributed by atoms with Crippen LogP contribution in [0.2, 0.25) is 0 Å². The SMILES string of the molecule is Nc1nc(=S)c2cnncc2[nH]1. The van der Waals surface area contributed by atoms with Crippen molar-refractivity contribution >= 4 is 29.1 Å². The van der Waals surface area contributed by atoms with Gasteiger partial charge in [0, 0.05) is 0 Å². The normalized spacial score (nSPS) is 10.3. The van der Waals surface area contributed by atoms with Crippen LogP contribution in [0.4, 0.5) is 5.95 Å². The number of anilines is 1.